The highest BCUT2D eigenvalue weighted by Gasteiger charge is 2.26. The lowest BCUT2D eigenvalue weighted by Crippen LogP contribution is -2.41. The van der Waals surface area contributed by atoms with Gasteiger partial charge in [-0.25, -0.2) is 4.99 Å². The molecule has 1 heterocycles. The van der Waals surface area contributed by atoms with Gasteiger partial charge < -0.3 is 15.1 Å². The molecular weight excluding hydrogens is 216 g/mol. The number of hydrogen-bond donors (Lipinski definition) is 1. The molecule has 5 nitrogen and oxygen atoms in total. The van der Waals surface area contributed by atoms with E-state index in [4.69, 9.17) is 0 Å². The summed E-state index contributed by atoms with van der Waals surface area (Å²) < 4.78 is 0. The third kappa shape index (κ3) is 3.61. The lowest BCUT2D eigenvalue weighted by molar-refractivity contribution is -0.127. The van der Waals surface area contributed by atoms with E-state index in [9.17, 15) is 4.79 Å². The fourth-order valence-corrected chi connectivity index (χ4v) is 1.86. The molecule has 0 aromatic heterocycles. The van der Waals surface area contributed by atoms with E-state index in [-0.39, 0.29) is 12.5 Å². The van der Waals surface area contributed by atoms with E-state index in [0.29, 0.717) is 6.04 Å². The molecule has 1 aliphatic heterocycles. The van der Waals surface area contributed by atoms with Gasteiger partial charge in [-0.3, -0.25) is 4.79 Å². The molecule has 5 heteroatoms. The summed E-state index contributed by atoms with van der Waals surface area (Å²) in [7, 11) is 3.53. The zero-order valence-corrected chi connectivity index (χ0v) is 10.8. The molecule has 1 N–H and O–H groups in total. The minimum absolute atomic E-state index is 0.0549. The van der Waals surface area contributed by atoms with Crippen LogP contribution in [-0.4, -0.2) is 61.4 Å². The molecule has 1 saturated heterocycles. The molecule has 0 unspecified atom stereocenters. The number of amides is 1. The van der Waals surface area contributed by atoms with Gasteiger partial charge in [-0.2, -0.15) is 0 Å². The molecule has 0 aromatic carbocycles. The summed E-state index contributed by atoms with van der Waals surface area (Å²) in [6.07, 6.45) is 4.92. The lowest BCUT2D eigenvalue weighted by Gasteiger charge is -2.21. The Kier molecular flexibility index (Phi) is 3.86. The van der Waals surface area contributed by atoms with Crippen LogP contribution in [0.2, 0.25) is 0 Å². The number of nitrogens with zero attached hydrogens (tertiary/aromatic N) is 3. The van der Waals surface area contributed by atoms with Crippen molar-refractivity contribution in [3.05, 3.63) is 0 Å². The summed E-state index contributed by atoms with van der Waals surface area (Å²) in [5.74, 6) is 0.986. The molecule has 0 spiro atoms. The zero-order valence-electron chi connectivity index (χ0n) is 10.8. The van der Waals surface area contributed by atoms with Crippen LogP contribution in [0.1, 0.15) is 25.7 Å². The van der Waals surface area contributed by atoms with Gasteiger partial charge in [0.2, 0.25) is 5.91 Å². The highest BCUT2D eigenvalue weighted by Crippen LogP contribution is 2.19. The molecule has 1 amide bonds. The first-order chi connectivity index (χ1) is 8.16. The molecule has 0 radical (unpaired) electrons. The normalized spacial score (nSPS) is 20.6. The predicted molar refractivity (Wildman–Crippen MR) is 68.0 cm³/mol. The topological polar surface area (TPSA) is 47.9 Å². The molecule has 2 rings (SSSR count). The van der Waals surface area contributed by atoms with Crippen molar-refractivity contribution in [1.29, 1.82) is 0 Å². The van der Waals surface area contributed by atoms with Crippen molar-refractivity contribution in [2.24, 2.45) is 4.99 Å². The van der Waals surface area contributed by atoms with E-state index in [1.54, 1.807) is 19.0 Å². The van der Waals surface area contributed by atoms with Gasteiger partial charge in [-0.05, 0) is 25.7 Å². The van der Waals surface area contributed by atoms with E-state index in [1.165, 1.54) is 25.7 Å². The van der Waals surface area contributed by atoms with Crippen molar-refractivity contribution in [3.8, 4) is 0 Å². The van der Waals surface area contributed by atoms with Gasteiger partial charge in [-0.1, -0.05) is 0 Å². The van der Waals surface area contributed by atoms with Crippen molar-refractivity contribution in [1.82, 2.24) is 15.1 Å². The van der Waals surface area contributed by atoms with Gasteiger partial charge >= 0.3 is 0 Å². The van der Waals surface area contributed by atoms with Gasteiger partial charge in [0, 0.05) is 33.2 Å². The summed E-state index contributed by atoms with van der Waals surface area (Å²) in [6.45, 7) is 2.38. The Balaban J connectivity index is 1.92. The average Bonchev–Trinajstić information content (AvgIpc) is 2.94. The van der Waals surface area contributed by atoms with Crippen LogP contribution in [0.5, 0.6) is 0 Å². The van der Waals surface area contributed by atoms with E-state index >= 15 is 0 Å². The molecule has 96 valence electrons. The van der Waals surface area contributed by atoms with Crippen LogP contribution in [0.4, 0.5) is 0 Å². The standard InChI is InChI=1S/C12H22N4O/c1-15(2)11(17)9-13-12(14-10-5-6-10)16-7-3-4-8-16/h10H,3-9H2,1-2H3,(H,13,14). The summed E-state index contributed by atoms with van der Waals surface area (Å²) in [4.78, 5) is 19.8. The van der Waals surface area contributed by atoms with Gasteiger partial charge in [0.25, 0.3) is 0 Å². The Morgan fingerprint density at radius 3 is 2.53 bits per heavy atom. The molecule has 1 aliphatic carbocycles. The molecular formula is C12H22N4O. The predicted octanol–water partition coefficient (Wildman–Crippen LogP) is 0.278. The Labute approximate surface area is 103 Å². The van der Waals surface area contributed by atoms with Gasteiger partial charge in [-0.15, -0.1) is 0 Å². The minimum atomic E-state index is 0.0549. The quantitative estimate of drug-likeness (QED) is 0.567. The second-order valence-corrected chi connectivity index (χ2v) is 5.04. The number of nitrogens with one attached hydrogen (secondary N) is 1. The number of carbonyl (C=O) groups excluding carboxylic acids is 1. The van der Waals surface area contributed by atoms with Crippen LogP contribution >= 0.6 is 0 Å². The first-order valence-electron chi connectivity index (χ1n) is 6.43. The summed E-state index contributed by atoms with van der Waals surface area (Å²) in [6, 6.07) is 0.587. The van der Waals surface area contributed by atoms with Crippen LogP contribution in [0.25, 0.3) is 0 Å². The molecule has 17 heavy (non-hydrogen) atoms. The van der Waals surface area contributed by atoms with E-state index in [2.05, 4.69) is 15.2 Å². The van der Waals surface area contributed by atoms with Crippen LogP contribution < -0.4 is 5.32 Å². The highest BCUT2D eigenvalue weighted by molar-refractivity contribution is 5.85. The summed E-state index contributed by atoms with van der Waals surface area (Å²) in [5, 5.41) is 3.43. The van der Waals surface area contributed by atoms with Crippen molar-refractivity contribution >= 4 is 11.9 Å². The van der Waals surface area contributed by atoms with Crippen molar-refractivity contribution in [2.45, 2.75) is 31.7 Å². The Morgan fingerprint density at radius 1 is 1.35 bits per heavy atom. The smallest absolute Gasteiger partial charge is 0.243 e. The number of likely N-dealkylation sites (N-methyl/N-ethyl adjacent to an activating group) is 1. The number of hydrogen-bond acceptors (Lipinski definition) is 2. The van der Waals surface area contributed by atoms with Crippen LogP contribution in [-0.2, 0) is 4.79 Å². The molecule has 2 aliphatic rings. The highest BCUT2D eigenvalue weighted by atomic mass is 16.2. The SMILES string of the molecule is CN(C)C(=O)CN=C(NC1CC1)N1CCCC1. The van der Waals surface area contributed by atoms with Crippen LogP contribution in [0.3, 0.4) is 0 Å². The maximum Gasteiger partial charge on any atom is 0.243 e. The third-order valence-electron chi connectivity index (χ3n) is 3.18. The maximum absolute atomic E-state index is 11.5. The molecule has 2 fully saturated rings. The maximum atomic E-state index is 11.5. The average molecular weight is 238 g/mol. The van der Waals surface area contributed by atoms with Gasteiger partial charge in [0.1, 0.15) is 6.54 Å². The molecule has 0 atom stereocenters. The van der Waals surface area contributed by atoms with Crippen molar-refractivity contribution in [2.75, 3.05) is 33.7 Å². The Morgan fingerprint density at radius 2 is 2.00 bits per heavy atom. The third-order valence-corrected chi connectivity index (χ3v) is 3.18. The van der Waals surface area contributed by atoms with Gasteiger partial charge in [0.15, 0.2) is 5.96 Å². The molecule has 0 aromatic rings. The number of likely N-dealkylation sites (tertiary alicyclic amines) is 1. The van der Waals surface area contributed by atoms with Crippen LogP contribution in [0, 0.1) is 0 Å². The second kappa shape index (κ2) is 5.38. The van der Waals surface area contributed by atoms with Crippen molar-refractivity contribution < 1.29 is 4.79 Å². The number of rotatable bonds is 3. The minimum Gasteiger partial charge on any atom is -0.353 e. The fraction of sp³-hybridized carbons (Fsp3) is 0.833. The van der Waals surface area contributed by atoms with Gasteiger partial charge in [0.05, 0.1) is 0 Å². The van der Waals surface area contributed by atoms with Crippen molar-refractivity contribution in [3.63, 3.8) is 0 Å². The molecule has 0 bridgehead atoms. The van der Waals surface area contributed by atoms with E-state index < -0.39 is 0 Å². The fourth-order valence-electron chi connectivity index (χ4n) is 1.86. The number of carbonyl (C=O) groups is 1. The number of guanidine groups is 1. The Hall–Kier alpha value is -1.26. The molecule has 1 saturated carbocycles. The van der Waals surface area contributed by atoms with Crippen LogP contribution in [0.15, 0.2) is 4.99 Å². The second-order valence-electron chi connectivity index (χ2n) is 5.04. The first-order valence-corrected chi connectivity index (χ1v) is 6.43. The number of aliphatic imine (C=N–C) groups is 1. The zero-order chi connectivity index (χ0) is 12.3. The summed E-state index contributed by atoms with van der Waals surface area (Å²) >= 11 is 0. The van der Waals surface area contributed by atoms with E-state index in [1.807, 2.05) is 0 Å². The monoisotopic (exact) mass is 238 g/mol. The Bertz CT molecular complexity index is 304. The van der Waals surface area contributed by atoms with E-state index in [0.717, 1.165) is 19.0 Å². The largest absolute Gasteiger partial charge is 0.353 e. The first kappa shape index (κ1) is 12.2. The summed E-state index contributed by atoms with van der Waals surface area (Å²) in [5.41, 5.74) is 0. The lowest BCUT2D eigenvalue weighted by atomic mass is 10.4.